The lowest BCUT2D eigenvalue weighted by molar-refractivity contribution is 0.232. The summed E-state index contributed by atoms with van der Waals surface area (Å²) >= 11 is 0. The number of piperidine rings is 1. The maximum absolute atomic E-state index is 13.8. The van der Waals surface area contributed by atoms with Crippen molar-refractivity contribution in [1.82, 2.24) is 9.62 Å². The second-order valence-corrected chi connectivity index (χ2v) is 7.17. The molecule has 0 bridgehead atoms. The molecule has 1 aromatic carbocycles. The van der Waals surface area contributed by atoms with E-state index in [-0.39, 0.29) is 17.1 Å². The number of hydrogen-bond acceptors (Lipinski definition) is 4. The van der Waals surface area contributed by atoms with Crippen LogP contribution in [0.2, 0.25) is 0 Å². The highest BCUT2D eigenvalue weighted by molar-refractivity contribution is 7.89. The molecule has 2 rings (SSSR count). The molecule has 1 aliphatic rings. The molecule has 1 heterocycles. The summed E-state index contributed by atoms with van der Waals surface area (Å²) in [5.74, 6) is -0.771. The van der Waals surface area contributed by atoms with Crippen molar-refractivity contribution in [1.29, 1.82) is 0 Å². The molecular weight excluding hydrogens is 293 g/mol. The zero-order chi connectivity index (χ0) is 15.5. The first-order chi connectivity index (χ1) is 9.90. The number of nitrogens with one attached hydrogen (secondary N) is 1. The Morgan fingerprint density at radius 2 is 1.95 bits per heavy atom. The molecule has 0 amide bonds. The maximum atomic E-state index is 13.8. The number of nitrogens with zero attached hydrogens (tertiary/aromatic N) is 1. The van der Waals surface area contributed by atoms with E-state index in [1.165, 1.54) is 12.5 Å². The van der Waals surface area contributed by atoms with Crippen LogP contribution in [0.5, 0.6) is 0 Å². The van der Waals surface area contributed by atoms with Gasteiger partial charge in [-0.1, -0.05) is 6.42 Å². The Morgan fingerprint density at radius 1 is 1.29 bits per heavy atom. The van der Waals surface area contributed by atoms with Crippen molar-refractivity contribution in [2.24, 2.45) is 0 Å². The average molecular weight is 315 g/mol. The van der Waals surface area contributed by atoms with Crippen molar-refractivity contribution in [3.05, 3.63) is 23.5 Å². The van der Waals surface area contributed by atoms with E-state index in [4.69, 9.17) is 5.73 Å². The molecule has 21 heavy (non-hydrogen) atoms. The fourth-order valence-corrected chi connectivity index (χ4v) is 3.59. The van der Waals surface area contributed by atoms with Gasteiger partial charge < -0.3 is 10.6 Å². The average Bonchev–Trinajstić information content (AvgIpc) is 2.43. The molecule has 7 heteroatoms. The van der Waals surface area contributed by atoms with Gasteiger partial charge in [-0.25, -0.2) is 17.5 Å². The third-order valence-corrected chi connectivity index (χ3v) is 5.25. The molecule has 5 nitrogen and oxygen atoms in total. The Morgan fingerprint density at radius 3 is 2.62 bits per heavy atom. The molecule has 0 atom stereocenters. The minimum Gasteiger partial charge on any atom is -0.398 e. The van der Waals surface area contributed by atoms with E-state index in [9.17, 15) is 12.8 Å². The van der Waals surface area contributed by atoms with E-state index < -0.39 is 15.8 Å². The zero-order valence-corrected chi connectivity index (χ0v) is 13.0. The van der Waals surface area contributed by atoms with E-state index in [0.29, 0.717) is 12.1 Å². The summed E-state index contributed by atoms with van der Waals surface area (Å²) in [6, 6.07) is 2.32. The topological polar surface area (TPSA) is 75.4 Å². The predicted octanol–water partition coefficient (Wildman–Crippen LogP) is 1.48. The first-order valence-electron chi connectivity index (χ1n) is 7.18. The lowest BCUT2D eigenvalue weighted by atomic mass is 10.1. The SMILES string of the molecule is Cc1cc(F)c(S(=O)(=O)NCCN2CCCCC2)cc1N. The van der Waals surface area contributed by atoms with Crippen LogP contribution in [-0.2, 0) is 10.0 Å². The van der Waals surface area contributed by atoms with Gasteiger partial charge in [0.05, 0.1) is 0 Å². The van der Waals surface area contributed by atoms with Crippen LogP contribution in [0.15, 0.2) is 17.0 Å². The second kappa shape index (κ2) is 6.72. The Kier molecular flexibility index (Phi) is 5.18. The number of benzene rings is 1. The summed E-state index contributed by atoms with van der Waals surface area (Å²) in [5.41, 5.74) is 6.46. The summed E-state index contributed by atoms with van der Waals surface area (Å²) < 4.78 is 40.5. The second-order valence-electron chi connectivity index (χ2n) is 5.44. The number of nitrogen functional groups attached to an aromatic ring is 1. The van der Waals surface area contributed by atoms with Gasteiger partial charge >= 0.3 is 0 Å². The normalized spacial score (nSPS) is 17.0. The molecule has 3 N–H and O–H groups in total. The fourth-order valence-electron chi connectivity index (χ4n) is 2.47. The minimum absolute atomic E-state index is 0.271. The van der Waals surface area contributed by atoms with Crippen LogP contribution in [0.1, 0.15) is 24.8 Å². The van der Waals surface area contributed by atoms with Crippen LogP contribution in [0, 0.1) is 12.7 Å². The number of likely N-dealkylation sites (tertiary alicyclic amines) is 1. The molecule has 0 radical (unpaired) electrons. The van der Waals surface area contributed by atoms with E-state index in [2.05, 4.69) is 9.62 Å². The van der Waals surface area contributed by atoms with Gasteiger partial charge in [-0.3, -0.25) is 0 Å². The Hall–Kier alpha value is -1.18. The summed E-state index contributed by atoms with van der Waals surface area (Å²) in [4.78, 5) is 1.83. The summed E-state index contributed by atoms with van der Waals surface area (Å²) in [5, 5.41) is 0. The molecule has 0 aromatic heterocycles. The van der Waals surface area contributed by atoms with Gasteiger partial charge in [0, 0.05) is 18.8 Å². The van der Waals surface area contributed by atoms with Crippen molar-refractivity contribution in [2.75, 3.05) is 31.9 Å². The third kappa shape index (κ3) is 4.15. The van der Waals surface area contributed by atoms with Crippen LogP contribution in [0.4, 0.5) is 10.1 Å². The van der Waals surface area contributed by atoms with Crippen LogP contribution >= 0.6 is 0 Å². The van der Waals surface area contributed by atoms with E-state index in [0.717, 1.165) is 32.0 Å². The zero-order valence-electron chi connectivity index (χ0n) is 12.2. The summed E-state index contributed by atoms with van der Waals surface area (Å²) in [6.45, 7) is 4.54. The Bertz CT molecular complexity index is 598. The quantitative estimate of drug-likeness (QED) is 0.807. The number of nitrogens with two attached hydrogens (primary N) is 1. The van der Waals surface area contributed by atoms with Crippen LogP contribution in [-0.4, -0.2) is 39.5 Å². The first-order valence-corrected chi connectivity index (χ1v) is 8.66. The summed E-state index contributed by atoms with van der Waals surface area (Å²) in [7, 11) is -3.86. The largest absolute Gasteiger partial charge is 0.398 e. The molecule has 118 valence electrons. The highest BCUT2D eigenvalue weighted by atomic mass is 32.2. The third-order valence-electron chi connectivity index (χ3n) is 3.78. The smallest absolute Gasteiger partial charge is 0.243 e. The molecule has 1 aliphatic heterocycles. The number of halogens is 1. The van der Waals surface area contributed by atoms with Crippen molar-refractivity contribution < 1.29 is 12.8 Å². The van der Waals surface area contributed by atoms with E-state index >= 15 is 0 Å². The van der Waals surface area contributed by atoms with Gasteiger partial charge in [0.1, 0.15) is 10.7 Å². The van der Waals surface area contributed by atoms with Crippen LogP contribution in [0.3, 0.4) is 0 Å². The molecule has 0 spiro atoms. The van der Waals surface area contributed by atoms with Crippen molar-refractivity contribution in [3.8, 4) is 0 Å². The van der Waals surface area contributed by atoms with Gasteiger partial charge in [-0.05, 0) is 50.6 Å². The first kappa shape index (κ1) is 16.2. The molecule has 0 aliphatic carbocycles. The monoisotopic (exact) mass is 315 g/mol. The highest BCUT2D eigenvalue weighted by Crippen LogP contribution is 2.21. The van der Waals surface area contributed by atoms with Crippen molar-refractivity contribution in [2.45, 2.75) is 31.1 Å². The number of anilines is 1. The van der Waals surface area contributed by atoms with Gasteiger partial charge in [0.2, 0.25) is 10.0 Å². The Balaban J connectivity index is 1.99. The number of sulfonamides is 1. The van der Waals surface area contributed by atoms with Crippen LogP contribution < -0.4 is 10.5 Å². The van der Waals surface area contributed by atoms with Gasteiger partial charge in [-0.15, -0.1) is 0 Å². The lowest BCUT2D eigenvalue weighted by Crippen LogP contribution is -2.37. The minimum atomic E-state index is -3.86. The summed E-state index contributed by atoms with van der Waals surface area (Å²) in [6.07, 6.45) is 3.53. The van der Waals surface area contributed by atoms with Crippen molar-refractivity contribution in [3.63, 3.8) is 0 Å². The molecule has 1 saturated heterocycles. The molecule has 0 unspecified atom stereocenters. The van der Waals surface area contributed by atoms with Crippen molar-refractivity contribution >= 4 is 15.7 Å². The number of rotatable bonds is 5. The number of hydrogen-bond donors (Lipinski definition) is 2. The molecular formula is C14H22FN3O2S. The molecule has 1 aromatic rings. The highest BCUT2D eigenvalue weighted by Gasteiger charge is 2.20. The van der Waals surface area contributed by atoms with Gasteiger partial charge in [0.25, 0.3) is 0 Å². The van der Waals surface area contributed by atoms with Crippen LogP contribution in [0.25, 0.3) is 0 Å². The van der Waals surface area contributed by atoms with Gasteiger partial charge in [0.15, 0.2) is 0 Å². The van der Waals surface area contributed by atoms with E-state index in [1.54, 1.807) is 6.92 Å². The lowest BCUT2D eigenvalue weighted by Gasteiger charge is -2.26. The molecule has 1 fully saturated rings. The Labute approximate surface area is 125 Å². The fraction of sp³-hybridized carbons (Fsp3) is 0.571. The standard InChI is InChI=1S/C14H22FN3O2S/c1-11-9-12(15)14(10-13(11)16)21(19,20)17-5-8-18-6-3-2-4-7-18/h9-10,17H,2-8,16H2,1H3. The molecule has 0 saturated carbocycles. The number of aryl methyl sites for hydroxylation is 1. The maximum Gasteiger partial charge on any atom is 0.243 e. The van der Waals surface area contributed by atoms with Gasteiger partial charge in [-0.2, -0.15) is 0 Å². The van der Waals surface area contributed by atoms with E-state index in [1.807, 2.05) is 0 Å². The predicted molar refractivity (Wildman–Crippen MR) is 81.0 cm³/mol.